The first kappa shape index (κ1) is 20.2. The van der Waals surface area contributed by atoms with E-state index in [-0.39, 0.29) is 0 Å². The molecule has 2 rings (SSSR count). The molecule has 2 aliphatic carbocycles. The maximum absolute atomic E-state index is 13.9. The second-order valence-electron chi connectivity index (χ2n) is 5.34. The molecule has 25 heavy (non-hydrogen) atoms. The summed E-state index contributed by atoms with van der Waals surface area (Å²) in [6.07, 6.45) is 0. The second-order valence-corrected chi connectivity index (χ2v) is 5.34. The quantitative estimate of drug-likeness (QED) is 0.498. The van der Waals surface area contributed by atoms with E-state index in [1.165, 1.54) is 0 Å². The number of alkyl halides is 16. The average molecular weight is 412 g/mol. The number of hydrogen-bond donors (Lipinski definition) is 0. The molecule has 148 valence electrons. The van der Waals surface area contributed by atoms with Gasteiger partial charge in [-0.25, -0.2) is 8.78 Å². The number of fused-ring (bicyclic) bond motifs is 1. The van der Waals surface area contributed by atoms with E-state index in [1.807, 2.05) is 0 Å². The summed E-state index contributed by atoms with van der Waals surface area (Å²) in [5, 5.41) is 0. The molecule has 2 atom stereocenters. The molecule has 0 saturated heterocycles. The molecule has 0 N–H and O–H groups in total. The molecule has 0 heterocycles. The van der Waals surface area contributed by atoms with Crippen molar-refractivity contribution in [1.29, 1.82) is 0 Å². The Bertz CT molecular complexity index is 565. The van der Waals surface area contributed by atoms with Gasteiger partial charge in [0.05, 0.1) is 0 Å². The van der Waals surface area contributed by atoms with E-state index >= 15 is 0 Å². The molecule has 0 spiro atoms. The van der Waals surface area contributed by atoms with Crippen LogP contribution >= 0.6 is 0 Å². The fraction of sp³-hybridized carbons (Fsp3) is 1.00. The normalized spacial score (nSPS) is 44.2. The van der Waals surface area contributed by atoms with Crippen LogP contribution in [0.3, 0.4) is 0 Å². The summed E-state index contributed by atoms with van der Waals surface area (Å²) in [7, 11) is 0. The minimum absolute atomic E-state index is 7.80. The molecule has 0 nitrogen and oxygen atoms in total. The fourth-order valence-electron chi connectivity index (χ4n) is 2.72. The van der Waals surface area contributed by atoms with Crippen LogP contribution in [0.15, 0.2) is 0 Å². The first-order valence-electron chi connectivity index (χ1n) is 5.52. The number of halogens is 16. The Balaban J connectivity index is 3.15. The third-order valence-electron chi connectivity index (χ3n) is 4.18. The van der Waals surface area contributed by atoms with Crippen molar-refractivity contribution in [2.24, 2.45) is 0 Å². The summed E-state index contributed by atoms with van der Waals surface area (Å²) in [5.41, 5.74) is -16.2. The minimum atomic E-state index is -8.10. The van der Waals surface area contributed by atoms with Gasteiger partial charge in [-0.1, -0.05) is 0 Å². The zero-order chi connectivity index (χ0) is 20.5. The number of hydrogen-bond acceptors (Lipinski definition) is 0. The van der Waals surface area contributed by atoms with Gasteiger partial charge in [0, 0.05) is 0 Å². The van der Waals surface area contributed by atoms with Crippen LogP contribution in [0.25, 0.3) is 0 Å². The van der Waals surface area contributed by atoms with E-state index in [2.05, 4.69) is 0 Å². The van der Waals surface area contributed by atoms with Gasteiger partial charge in [0.25, 0.3) is 11.3 Å². The highest BCUT2D eigenvalue weighted by molar-refractivity contribution is 5.43. The molecule has 0 unspecified atom stereocenters. The Morgan fingerprint density at radius 2 is 0.320 bits per heavy atom. The number of rotatable bonds is 0. The third kappa shape index (κ3) is 1.26. The van der Waals surface area contributed by atoms with Gasteiger partial charge < -0.3 is 0 Å². The van der Waals surface area contributed by atoms with Crippen molar-refractivity contribution in [2.75, 3.05) is 0 Å². The minimum Gasteiger partial charge on any atom is -0.226 e. The molecule has 16 heteroatoms. The standard InChI is InChI=1S/C9F16/c10-1-2(11,4(14,15)7(20,21)3(1,12)13)6(18,19)9(24,25)8(22,23)5(1,16)17/t1-,2-/m0/s1. The maximum atomic E-state index is 13.9. The molecule has 0 aromatic rings. The SMILES string of the molecule is FC1(F)C(F)(F)C(F)(F)[C@@]2(F)C(F)(F)C(F)(F)C(F)(F)[C@]2(F)C1(F)F. The monoisotopic (exact) mass is 412 g/mol. The summed E-state index contributed by atoms with van der Waals surface area (Å²) in [5.74, 6) is -55.8. The molecule has 0 bridgehead atoms. The lowest BCUT2D eigenvalue weighted by Gasteiger charge is -2.53. The van der Waals surface area contributed by atoms with Crippen molar-refractivity contribution in [3.8, 4) is 0 Å². The molecule has 0 aromatic carbocycles. The van der Waals surface area contributed by atoms with Gasteiger partial charge in [0.15, 0.2) is 0 Å². The molecule has 0 amide bonds. The van der Waals surface area contributed by atoms with Crippen LogP contribution in [0.1, 0.15) is 0 Å². The zero-order valence-electron chi connectivity index (χ0n) is 10.5. The van der Waals surface area contributed by atoms with Crippen molar-refractivity contribution < 1.29 is 70.2 Å². The lowest BCUT2D eigenvalue weighted by Crippen LogP contribution is -2.88. The van der Waals surface area contributed by atoms with E-state index in [0.29, 0.717) is 0 Å². The Hall–Kier alpha value is -1.12. The predicted octanol–water partition coefficient (Wildman–Crippen LogP) is 4.88. The Morgan fingerprint density at radius 1 is 0.200 bits per heavy atom. The van der Waals surface area contributed by atoms with Crippen molar-refractivity contribution in [3.63, 3.8) is 0 Å². The summed E-state index contributed by atoms with van der Waals surface area (Å²) < 4.78 is 211. The van der Waals surface area contributed by atoms with Crippen LogP contribution in [-0.2, 0) is 0 Å². The molecule has 2 saturated carbocycles. The van der Waals surface area contributed by atoms with Crippen molar-refractivity contribution in [3.05, 3.63) is 0 Å². The predicted molar refractivity (Wildman–Crippen MR) is 42.3 cm³/mol. The van der Waals surface area contributed by atoms with Gasteiger partial charge in [-0.2, -0.15) is 61.5 Å². The lowest BCUT2D eigenvalue weighted by atomic mass is 9.65. The summed E-state index contributed by atoms with van der Waals surface area (Å²) in [6.45, 7) is 0. The van der Waals surface area contributed by atoms with Crippen LogP contribution in [0.2, 0.25) is 0 Å². The lowest BCUT2D eigenvalue weighted by molar-refractivity contribution is -0.485. The highest BCUT2D eigenvalue weighted by Crippen LogP contribution is 2.81. The molecular weight excluding hydrogens is 412 g/mol. The third-order valence-corrected chi connectivity index (χ3v) is 4.18. The smallest absolute Gasteiger partial charge is 0.226 e. The van der Waals surface area contributed by atoms with Crippen LogP contribution in [0.5, 0.6) is 0 Å². The second kappa shape index (κ2) is 3.92. The van der Waals surface area contributed by atoms with E-state index < -0.39 is 52.8 Å². The van der Waals surface area contributed by atoms with Gasteiger partial charge in [0.1, 0.15) is 0 Å². The van der Waals surface area contributed by atoms with Crippen molar-refractivity contribution in [1.82, 2.24) is 0 Å². The van der Waals surface area contributed by atoms with Crippen LogP contribution in [0.4, 0.5) is 70.2 Å². The van der Waals surface area contributed by atoms with Crippen LogP contribution in [0, 0.1) is 0 Å². The summed E-state index contributed by atoms with van der Waals surface area (Å²) >= 11 is 0. The highest BCUT2D eigenvalue weighted by Gasteiger charge is 3.16. The average Bonchev–Trinajstić information content (AvgIpc) is 2.47. The molecular formula is C9F16. The topological polar surface area (TPSA) is 0 Å². The molecule has 2 aliphatic rings. The largest absolute Gasteiger partial charge is 0.382 e. The van der Waals surface area contributed by atoms with Gasteiger partial charge >= 0.3 is 41.5 Å². The van der Waals surface area contributed by atoms with Gasteiger partial charge in [-0.05, 0) is 0 Å². The zero-order valence-corrected chi connectivity index (χ0v) is 10.5. The van der Waals surface area contributed by atoms with Crippen LogP contribution in [-0.4, -0.2) is 52.8 Å². The molecule has 0 radical (unpaired) electrons. The van der Waals surface area contributed by atoms with Crippen LogP contribution < -0.4 is 0 Å². The first-order chi connectivity index (χ1) is 10.5. The van der Waals surface area contributed by atoms with E-state index in [9.17, 15) is 70.2 Å². The van der Waals surface area contributed by atoms with E-state index in [0.717, 1.165) is 0 Å². The van der Waals surface area contributed by atoms with Gasteiger partial charge in [0.2, 0.25) is 0 Å². The van der Waals surface area contributed by atoms with Gasteiger partial charge in [-0.15, -0.1) is 0 Å². The molecule has 0 aromatic heterocycles. The Morgan fingerprint density at radius 3 is 0.480 bits per heavy atom. The molecule has 0 aliphatic heterocycles. The highest BCUT2D eigenvalue weighted by atomic mass is 19.4. The summed E-state index contributed by atoms with van der Waals surface area (Å²) in [6, 6.07) is 0. The van der Waals surface area contributed by atoms with Crippen molar-refractivity contribution in [2.45, 2.75) is 52.8 Å². The first-order valence-corrected chi connectivity index (χ1v) is 5.52. The Kier molecular flexibility index (Phi) is 3.16. The van der Waals surface area contributed by atoms with E-state index in [1.54, 1.807) is 0 Å². The molecule has 2 fully saturated rings. The summed E-state index contributed by atoms with van der Waals surface area (Å²) in [4.78, 5) is 0. The fourth-order valence-corrected chi connectivity index (χ4v) is 2.72. The van der Waals surface area contributed by atoms with E-state index in [4.69, 9.17) is 0 Å². The maximum Gasteiger partial charge on any atom is 0.382 e. The van der Waals surface area contributed by atoms with Gasteiger partial charge in [-0.3, -0.25) is 0 Å². The Labute approximate surface area is 124 Å². The van der Waals surface area contributed by atoms with Crippen molar-refractivity contribution >= 4 is 0 Å².